The number of aliphatic hydroxyl groups is 1. The van der Waals surface area contributed by atoms with Gasteiger partial charge in [0.15, 0.2) is 0 Å². The predicted molar refractivity (Wildman–Crippen MR) is 77.1 cm³/mol. The summed E-state index contributed by atoms with van der Waals surface area (Å²) < 4.78 is 11.3. The van der Waals surface area contributed by atoms with Crippen LogP contribution in [0.2, 0.25) is 0 Å². The SMILES string of the molecule is COc1ccc2c(c1)OC(c1cccc(C)c1)C[C@H]2O. The molecule has 0 bridgehead atoms. The van der Waals surface area contributed by atoms with E-state index in [-0.39, 0.29) is 6.10 Å². The molecule has 2 aromatic rings. The molecule has 0 radical (unpaired) electrons. The summed E-state index contributed by atoms with van der Waals surface area (Å²) in [6, 6.07) is 13.8. The smallest absolute Gasteiger partial charge is 0.129 e. The second kappa shape index (κ2) is 5.17. The van der Waals surface area contributed by atoms with Gasteiger partial charge in [-0.25, -0.2) is 0 Å². The molecule has 2 atom stereocenters. The van der Waals surface area contributed by atoms with E-state index in [0.29, 0.717) is 12.2 Å². The summed E-state index contributed by atoms with van der Waals surface area (Å²) in [5.74, 6) is 1.44. The number of hydrogen-bond acceptors (Lipinski definition) is 3. The Morgan fingerprint density at radius 2 is 2.05 bits per heavy atom. The van der Waals surface area contributed by atoms with E-state index >= 15 is 0 Å². The lowest BCUT2D eigenvalue weighted by molar-refractivity contribution is 0.0654. The molecule has 0 aromatic heterocycles. The number of aliphatic hydroxyl groups excluding tert-OH is 1. The first-order valence-corrected chi connectivity index (χ1v) is 6.76. The van der Waals surface area contributed by atoms with Crippen molar-refractivity contribution < 1.29 is 14.6 Å². The maximum Gasteiger partial charge on any atom is 0.129 e. The maximum absolute atomic E-state index is 10.3. The predicted octanol–water partition coefficient (Wildman–Crippen LogP) is 3.56. The topological polar surface area (TPSA) is 38.7 Å². The Bertz CT molecular complexity index is 621. The van der Waals surface area contributed by atoms with Crippen LogP contribution in [0.25, 0.3) is 0 Å². The lowest BCUT2D eigenvalue weighted by Gasteiger charge is -2.30. The van der Waals surface area contributed by atoms with Crippen LogP contribution in [0.4, 0.5) is 0 Å². The summed E-state index contributed by atoms with van der Waals surface area (Å²) in [6.07, 6.45) is -0.0531. The zero-order chi connectivity index (χ0) is 14.1. The monoisotopic (exact) mass is 270 g/mol. The van der Waals surface area contributed by atoms with Crippen LogP contribution in [0.5, 0.6) is 11.5 Å². The molecule has 1 heterocycles. The van der Waals surface area contributed by atoms with E-state index in [0.717, 1.165) is 16.9 Å². The number of ether oxygens (including phenoxy) is 2. The van der Waals surface area contributed by atoms with Gasteiger partial charge in [-0.15, -0.1) is 0 Å². The molecule has 1 N–H and O–H groups in total. The van der Waals surface area contributed by atoms with Crippen molar-refractivity contribution in [2.24, 2.45) is 0 Å². The minimum Gasteiger partial charge on any atom is -0.497 e. The fourth-order valence-corrected chi connectivity index (χ4v) is 2.62. The quantitative estimate of drug-likeness (QED) is 0.906. The highest BCUT2D eigenvalue weighted by Gasteiger charge is 2.28. The van der Waals surface area contributed by atoms with Gasteiger partial charge in [-0.3, -0.25) is 0 Å². The lowest BCUT2D eigenvalue weighted by Crippen LogP contribution is -2.19. The molecule has 0 aliphatic carbocycles. The van der Waals surface area contributed by atoms with Crippen molar-refractivity contribution in [3.8, 4) is 11.5 Å². The van der Waals surface area contributed by atoms with Gasteiger partial charge in [0, 0.05) is 18.1 Å². The number of hydrogen-bond donors (Lipinski definition) is 1. The second-order valence-electron chi connectivity index (χ2n) is 5.18. The molecule has 2 aromatic carbocycles. The van der Waals surface area contributed by atoms with Gasteiger partial charge in [0.1, 0.15) is 17.6 Å². The molecule has 1 aliphatic heterocycles. The van der Waals surface area contributed by atoms with E-state index in [1.807, 2.05) is 30.3 Å². The highest BCUT2D eigenvalue weighted by atomic mass is 16.5. The number of aryl methyl sites for hydroxylation is 1. The van der Waals surface area contributed by atoms with Crippen LogP contribution in [0.1, 0.15) is 35.3 Å². The number of benzene rings is 2. The summed E-state index contributed by atoms with van der Waals surface area (Å²) in [7, 11) is 1.62. The van der Waals surface area contributed by atoms with Crippen LogP contribution >= 0.6 is 0 Å². The van der Waals surface area contributed by atoms with Crippen molar-refractivity contribution in [2.45, 2.75) is 25.6 Å². The molecule has 0 amide bonds. The third-order valence-corrected chi connectivity index (χ3v) is 3.70. The van der Waals surface area contributed by atoms with Crippen LogP contribution in [0, 0.1) is 6.92 Å². The molecule has 1 unspecified atom stereocenters. The minimum absolute atomic E-state index is 0.121. The Morgan fingerprint density at radius 1 is 1.20 bits per heavy atom. The highest BCUT2D eigenvalue weighted by Crippen LogP contribution is 2.42. The van der Waals surface area contributed by atoms with Gasteiger partial charge < -0.3 is 14.6 Å². The summed E-state index contributed by atoms with van der Waals surface area (Å²) in [4.78, 5) is 0. The fourth-order valence-electron chi connectivity index (χ4n) is 2.62. The normalized spacial score (nSPS) is 20.9. The molecule has 20 heavy (non-hydrogen) atoms. The van der Waals surface area contributed by atoms with E-state index in [1.165, 1.54) is 5.56 Å². The van der Waals surface area contributed by atoms with E-state index < -0.39 is 6.10 Å². The van der Waals surface area contributed by atoms with Gasteiger partial charge in [-0.05, 0) is 24.6 Å². The molecule has 0 saturated heterocycles. The van der Waals surface area contributed by atoms with E-state index in [1.54, 1.807) is 7.11 Å². The molecule has 0 spiro atoms. The van der Waals surface area contributed by atoms with Crippen molar-refractivity contribution in [3.63, 3.8) is 0 Å². The van der Waals surface area contributed by atoms with Gasteiger partial charge in [0.25, 0.3) is 0 Å². The largest absolute Gasteiger partial charge is 0.497 e. The Morgan fingerprint density at radius 3 is 2.80 bits per heavy atom. The van der Waals surface area contributed by atoms with Crippen LogP contribution in [0.15, 0.2) is 42.5 Å². The van der Waals surface area contributed by atoms with Crippen molar-refractivity contribution in [3.05, 3.63) is 59.2 Å². The average molecular weight is 270 g/mol. The van der Waals surface area contributed by atoms with Crippen LogP contribution < -0.4 is 9.47 Å². The highest BCUT2D eigenvalue weighted by molar-refractivity contribution is 5.44. The maximum atomic E-state index is 10.3. The van der Waals surface area contributed by atoms with E-state index in [2.05, 4.69) is 19.1 Å². The first-order chi connectivity index (χ1) is 9.67. The van der Waals surface area contributed by atoms with Crippen molar-refractivity contribution in [2.75, 3.05) is 7.11 Å². The third-order valence-electron chi connectivity index (χ3n) is 3.70. The molecular formula is C17H18O3. The zero-order valence-corrected chi connectivity index (χ0v) is 11.7. The first-order valence-electron chi connectivity index (χ1n) is 6.76. The van der Waals surface area contributed by atoms with Crippen molar-refractivity contribution >= 4 is 0 Å². The molecular weight excluding hydrogens is 252 g/mol. The fraction of sp³-hybridized carbons (Fsp3) is 0.294. The number of rotatable bonds is 2. The van der Waals surface area contributed by atoms with Crippen molar-refractivity contribution in [1.29, 1.82) is 0 Å². The van der Waals surface area contributed by atoms with Crippen LogP contribution in [-0.2, 0) is 0 Å². The van der Waals surface area contributed by atoms with Gasteiger partial charge in [0.2, 0.25) is 0 Å². The van der Waals surface area contributed by atoms with E-state index in [4.69, 9.17) is 9.47 Å². The van der Waals surface area contributed by atoms with Crippen LogP contribution in [-0.4, -0.2) is 12.2 Å². The lowest BCUT2D eigenvalue weighted by atomic mass is 9.94. The molecule has 3 nitrogen and oxygen atoms in total. The van der Waals surface area contributed by atoms with Gasteiger partial charge in [-0.1, -0.05) is 29.8 Å². The molecule has 0 fully saturated rings. The summed E-state index contributed by atoms with van der Waals surface area (Å²) in [5.41, 5.74) is 3.12. The van der Waals surface area contributed by atoms with Crippen LogP contribution in [0.3, 0.4) is 0 Å². The molecule has 104 valence electrons. The number of methoxy groups -OCH3 is 1. The summed E-state index contributed by atoms with van der Waals surface area (Å²) in [5, 5.41) is 10.3. The Kier molecular flexibility index (Phi) is 3.36. The Balaban J connectivity index is 1.95. The molecule has 3 rings (SSSR count). The molecule has 3 heteroatoms. The number of fused-ring (bicyclic) bond motifs is 1. The summed E-state index contributed by atoms with van der Waals surface area (Å²) >= 11 is 0. The van der Waals surface area contributed by atoms with E-state index in [9.17, 15) is 5.11 Å². The molecule has 0 saturated carbocycles. The van der Waals surface area contributed by atoms with Gasteiger partial charge in [-0.2, -0.15) is 0 Å². The second-order valence-corrected chi connectivity index (χ2v) is 5.18. The van der Waals surface area contributed by atoms with Gasteiger partial charge >= 0.3 is 0 Å². The minimum atomic E-state index is -0.504. The summed E-state index contributed by atoms with van der Waals surface area (Å²) in [6.45, 7) is 2.06. The molecule has 1 aliphatic rings. The Hall–Kier alpha value is -2.00. The average Bonchev–Trinajstić information content (AvgIpc) is 2.46. The third kappa shape index (κ3) is 2.37. The van der Waals surface area contributed by atoms with Gasteiger partial charge in [0.05, 0.1) is 13.2 Å². The zero-order valence-electron chi connectivity index (χ0n) is 11.7. The first kappa shape index (κ1) is 13.0. The Labute approximate surface area is 118 Å². The standard InChI is InChI=1S/C17H18O3/c1-11-4-3-5-12(8-11)16-10-15(18)14-7-6-13(19-2)9-17(14)20-16/h3-9,15-16,18H,10H2,1-2H3/t15-,16?/m1/s1. The van der Waals surface area contributed by atoms with Crippen molar-refractivity contribution in [1.82, 2.24) is 0 Å².